The number of rotatable bonds is 7. The summed E-state index contributed by atoms with van der Waals surface area (Å²) < 4.78 is 0. The Labute approximate surface area is 174 Å². The summed E-state index contributed by atoms with van der Waals surface area (Å²) in [6, 6.07) is 27.8. The molecule has 1 fully saturated rings. The molecular weight excluding hydrogens is 354 g/mol. The number of carbonyl (C=O) groups is 1. The van der Waals surface area contributed by atoms with E-state index in [-0.39, 0.29) is 17.2 Å². The molecule has 29 heavy (non-hydrogen) atoms. The lowest BCUT2D eigenvalue weighted by molar-refractivity contribution is -0.122. The van der Waals surface area contributed by atoms with Gasteiger partial charge in [-0.05, 0) is 47.1 Å². The minimum absolute atomic E-state index is 0.0221. The van der Waals surface area contributed by atoms with Crippen molar-refractivity contribution < 1.29 is 4.79 Å². The first-order valence-corrected chi connectivity index (χ1v) is 10.7. The molecule has 0 radical (unpaired) electrons. The molecule has 0 aromatic heterocycles. The summed E-state index contributed by atoms with van der Waals surface area (Å²) in [4.78, 5) is 13.1. The van der Waals surface area contributed by atoms with Gasteiger partial charge in [0.25, 0.3) is 0 Å². The van der Waals surface area contributed by atoms with Crippen LogP contribution in [0.3, 0.4) is 0 Å². The van der Waals surface area contributed by atoms with Crippen molar-refractivity contribution >= 4 is 5.91 Å². The highest BCUT2D eigenvalue weighted by molar-refractivity contribution is 5.86. The number of hydrogen-bond acceptors (Lipinski definition) is 1. The van der Waals surface area contributed by atoms with E-state index < -0.39 is 0 Å². The van der Waals surface area contributed by atoms with E-state index in [1.54, 1.807) is 0 Å². The molecule has 1 saturated carbocycles. The molecule has 1 aliphatic carbocycles. The van der Waals surface area contributed by atoms with Crippen LogP contribution >= 0.6 is 0 Å². The Kier molecular flexibility index (Phi) is 5.53. The molecule has 0 bridgehead atoms. The van der Waals surface area contributed by atoms with Gasteiger partial charge in [0.1, 0.15) is 0 Å². The van der Waals surface area contributed by atoms with Crippen LogP contribution in [0.25, 0.3) is 0 Å². The molecule has 1 amide bonds. The fourth-order valence-electron chi connectivity index (χ4n) is 4.37. The Morgan fingerprint density at radius 1 is 0.793 bits per heavy atom. The first kappa shape index (κ1) is 19.4. The molecule has 3 aromatic rings. The van der Waals surface area contributed by atoms with Crippen LogP contribution in [0.15, 0.2) is 78.9 Å². The second kappa shape index (κ2) is 8.24. The van der Waals surface area contributed by atoms with Gasteiger partial charge in [-0.1, -0.05) is 92.7 Å². The third kappa shape index (κ3) is 3.85. The van der Waals surface area contributed by atoms with Crippen LogP contribution in [0.2, 0.25) is 0 Å². The molecule has 0 heterocycles. The van der Waals surface area contributed by atoms with Crippen LogP contribution in [0.4, 0.5) is 0 Å². The van der Waals surface area contributed by atoms with Crippen molar-refractivity contribution in [2.24, 2.45) is 5.92 Å². The quantitative estimate of drug-likeness (QED) is 0.579. The molecule has 1 atom stereocenters. The van der Waals surface area contributed by atoms with Gasteiger partial charge in [0, 0.05) is 12.0 Å². The van der Waals surface area contributed by atoms with Crippen molar-refractivity contribution in [3.63, 3.8) is 0 Å². The largest absolute Gasteiger partial charge is 0.352 e. The average Bonchev–Trinajstić information content (AvgIpc) is 3.55. The number of amides is 1. The first-order valence-electron chi connectivity index (χ1n) is 10.7. The van der Waals surface area contributed by atoms with Gasteiger partial charge in [0.15, 0.2) is 0 Å². The summed E-state index contributed by atoms with van der Waals surface area (Å²) in [5, 5.41) is 3.16. The summed E-state index contributed by atoms with van der Waals surface area (Å²) in [5.74, 6) is 0.124. The van der Waals surface area contributed by atoms with E-state index in [4.69, 9.17) is 0 Å². The highest BCUT2D eigenvalue weighted by atomic mass is 16.2. The second-order valence-corrected chi connectivity index (χ2v) is 8.03. The fraction of sp³-hybridized carbons (Fsp3) is 0.296. The number of carbonyl (C=O) groups excluding carboxylic acids is 1. The lowest BCUT2D eigenvalue weighted by atomic mass is 9.84. The second-order valence-electron chi connectivity index (χ2n) is 8.03. The van der Waals surface area contributed by atoms with Crippen molar-refractivity contribution in [3.05, 3.63) is 107 Å². The highest BCUT2D eigenvalue weighted by Crippen LogP contribution is 2.59. The summed E-state index contributed by atoms with van der Waals surface area (Å²) in [5.41, 5.74) is 6.08. The van der Waals surface area contributed by atoms with Gasteiger partial charge in [0.2, 0.25) is 5.91 Å². The molecule has 1 unspecified atom stereocenters. The first-order chi connectivity index (χ1) is 14.2. The molecule has 0 spiro atoms. The normalized spacial score (nSPS) is 17.0. The van der Waals surface area contributed by atoms with Crippen molar-refractivity contribution in [3.8, 4) is 0 Å². The van der Waals surface area contributed by atoms with Gasteiger partial charge in [-0.3, -0.25) is 4.79 Å². The van der Waals surface area contributed by atoms with E-state index >= 15 is 0 Å². The van der Waals surface area contributed by atoms with Gasteiger partial charge in [-0.15, -0.1) is 0 Å². The smallest absolute Gasteiger partial charge is 0.224 e. The predicted octanol–water partition coefficient (Wildman–Crippen LogP) is 5.43. The lowest BCUT2D eigenvalue weighted by Crippen LogP contribution is -2.28. The van der Waals surface area contributed by atoms with Gasteiger partial charge >= 0.3 is 0 Å². The summed E-state index contributed by atoms with van der Waals surface area (Å²) in [6.07, 6.45) is 2.92. The molecule has 2 heteroatoms. The van der Waals surface area contributed by atoms with Crippen LogP contribution in [-0.2, 0) is 29.6 Å². The molecular formula is C27H29NO. The topological polar surface area (TPSA) is 29.1 Å². The monoisotopic (exact) mass is 383 g/mol. The van der Waals surface area contributed by atoms with Gasteiger partial charge < -0.3 is 5.32 Å². The van der Waals surface area contributed by atoms with Crippen molar-refractivity contribution in [1.82, 2.24) is 5.32 Å². The predicted molar refractivity (Wildman–Crippen MR) is 119 cm³/mol. The minimum atomic E-state index is -0.209. The third-order valence-corrected chi connectivity index (χ3v) is 6.34. The van der Waals surface area contributed by atoms with E-state index in [0.29, 0.717) is 6.54 Å². The molecule has 3 aromatic carbocycles. The van der Waals surface area contributed by atoms with Gasteiger partial charge in [0.05, 0.1) is 5.92 Å². The zero-order chi connectivity index (χ0) is 20.3. The summed E-state index contributed by atoms with van der Waals surface area (Å²) in [6.45, 7) is 4.92. The lowest BCUT2D eigenvalue weighted by Gasteiger charge is -2.20. The Hall–Kier alpha value is -2.87. The van der Waals surface area contributed by atoms with Crippen LogP contribution in [0.1, 0.15) is 48.1 Å². The highest BCUT2D eigenvalue weighted by Gasteiger charge is 2.60. The standard InChI is InChI=1S/C27H29NO/c1-3-20-10-14-23(15-11-20)27(24-16-12-21(4-2)13-17-24)18-25(27)26(29)28-19-22-8-6-5-7-9-22/h5-17,25H,3-4,18-19H2,1-2H3,(H,28,29). The SMILES string of the molecule is CCc1ccc(C2(c3ccc(CC)cc3)CC2C(=O)NCc2ccccc2)cc1. The maximum absolute atomic E-state index is 13.1. The molecule has 148 valence electrons. The van der Waals surface area contributed by atoms with Crippen molar-refractivity contribution in [2.45, 2.75) is 45.1 Å². The van der Waals surface area contributed by atoms with Crippen LogP contribution in [0.5, 0.6) is 0 Å². The zero-order valence-electron chi connectivity index (χ0n) is 17.3. The maximum Gasteiger partial charge on any atom is 0.224 e. The molecule has 0 saturated heterocycles. The number of nitrogens with one attached hydrogen (secondary N) is 1. The summed E-state index contributed by atoms with van der Waals surface area (Å²) in [7, 11) is 0. The summed E-state index contributed by atoms with van der Waals surface area (Å²) >= 11 is 0. The van der Waals surface area contributed by atoms with Gasteiger partial charge in [-0.2, -0.15) is 0 Å². The van der Waals surface area contributed by atoms with Gasteiger partial charge in [-0.25, -0.2) is 0 Å². The zero-order valence-corrected chi connectivity index (χ0v) is 17.3. The molecule has 0 aliphatic heterocycles. The van der Waals surface area contributed by atoms with E-state index in [1.165, 1.54) is 22.3 Å². The molecule has 4 rings (SSSR count). The van der Waals surface area contributed by atoms with E-state index in [2.05, 4.69) is 67.7 Å². The van der Waals surface area contributed by atoms with E-state index in [1.807, 2.05) is 30.3 Å². The van der Waals surface area contributed by atoms with Crippen LogP contribution in [0, 0.1) is 5.92 Å². The van der Waals surface area contributed by atoms with Crippen molar-refractivity contribution in [2.75, 3.05) is 0 Å². The fourth-order valence-corrected chi connectivity index (χ4v) is 4.37. The minimum Gasteiger partial charge on any atom is -0.352 e. The number of hydrogen-bond donors (Lipinski definition) is 1. The Bertz CT molecular complexity index is 910. The van der Waals surface area contributed by atoms with E-state index in [0.717, 1.165) is 24.8 Å². The van der Waals surface area contributed by atoms with Crippen LogP contribution < -0.4 is 5.32 Å². The number of benzene rings is 3. The van der Waals surface area contributed by atoms with E-state index in [9.17, 15) is 4.79 Å². The Morgan fingerprint density at radius 3 is 1.79 bits per heavy atom. The molecule has 2 nitrogen and oxygen atoms in total. The van der Waals surface area contributed by atoms with Crippen molar-refractivity contribution in [1.29, 1.82) is 0 Å². The maximum atomic E-state index is 13.1. The Morgan fingerprint density at radius 2 is 1.31 bits per heavy atom. The third-order valence-electron chi connectivity index (χ3n) is 6.34. The molecule has 1 N–H and O–H groups in total. The number of aryl methyl sites for hydroxylation is 2. The van der Waals surface area contributed by atoms with Crippen LogP contribution in [-0.4, -0.2) is 5.91 Å². The Balaban J connectivity index is 1.60. The molecule has 1 aliphatic rings. The average molecular weight is 384 g/mol.